The molecule has 4 rings (SSSR count). The number of thiophene rings is 1. The number of fused-ring (bicyclic) bond motifs is 1. The van der Waals surface area contributed by atoms with Crippen LogP contribution in [0.4, 0.5) is 13.2 Å². The minimum Gasteiger partial charge on any atom is -0.545 e. The van der Waals surface area contributed by atoms with Crippen LogP contribution in [0.5, 0.6) is 0 Å². The molecule has 10 heteroatoms. The molecule has 0 saturated heterocycles. The van der Waals surface area contributed by atoms with Crippen molar-refractivity contribution in [2.75, 3.05) is 0 Å². The Kier molecular flexibility index (Phi) is 4.58. The van der Waals surface area contributed by atoms with E-state index < -0.39 is 34.7 Å². The first kappa shape index (κ1) is 19.6. The van der Waals surface area contributed by atoms with Crippen LogP contribution in [-0.4, -0.2) is 21.3 Å². The van der Waals surface area contributed by atoms with E-state index in [9.17, 15) is 27.9 Å². The Morgan fingerprint density at radius 2 is 1.87 bits per heavy atom. The molecular weight excluding hydrogens is 419 g/mol. The summed E-state index contributed by atoms with van der Waals surface area (Å²) >= 11 is 0.903. The summed E-state index contributed by atoms with van der Waals surface area (Å²) in [6, 6.07) is 9.73. The van der Waals surface area contributed by atoms with Crippen LogP contribution in [0.15, 0.2) is 54.9 Å². The zero-order valence-electron chi connectivity index (χ0n) is 14.9. The van der Waals surface area contributed by atoms with Gasteiger partial charge in [0, 0.05) is 17.3 Å². The van der Waals surface area contributed by atoms with E-state index in [4.69, 9.17) is 5.73 Å². The van der Waals surface area contributed by atoms with Crippen molar-refractivity contribution in [3.63, 3.8) is 0 Å². The van der Waals surface area contributed by atoms with Crippen molar-refractivity contribution < 1.29 is 27.9 Å². The maximum atomic E-state index is 13.8. The highest BCUT2D eigenvalue weighted by Crippen LogP contribution is 2.44. The van der Waals surface area contributed by atoms with E-state index in [0.29, 0.717) is 16.2 Å². The number of imidazole rings is 1. The number of hydrogen-bond donors (Lipinski definition) is 1. The average Bonchev–Trinajstić information content (AvgIpc) is 3.31. The Hall–Kier alpha value is -3.66. The number of alkyl halides is 3. The van der Waals surface area contributed by atoms with Gasteiger partial charge in [-0.05, 0) is 23.8 Å². The van der Waals surface area contributed by atoms with E-state index in [2.05, 4.69) is 4.98 Å². The van der Waals surface area contributed by atoms with E-state index in [0.717, 1.165) is 29.5 Å². The number of carbonyl (C=O) groups excluding carboxylic acids is 2. The molecule has 0 spiro atoms. The molecule has 0 aliphatic rings. The number of aromatic nitrogens is 2. The van der Waals surface area contributed by atoms with Crippen molar-refractivity contribution in [1.29, 1.82) is 0 Å². The van der Waals surface area contributed by atoms with E-state index in [1.54, 1.807) is 28.8 Å². The van der Waals surface area contributed by atoms with Crippen LogP contribution in [0.25, 0.3) is 27.3 Å². The van der Waals surface area contributed by atoms with E-state index in [1.807, 2.05) is 0 Å². The van der Waals surface area contributed by atoms with Crippen LogP contribution in [-0.2, 0) is 6.18 Å². The summed E-state index contributed by atoms with van der Waals surface area (Å²) in [6.45, 7) is 0. The number of carboxylic acid groups (broad SMARTS) is 1. The predicted molar refractivity (Wildman–Crippen MR) is 102 cm³/mol. The fourth-order valence-corrected chi connectivity index (χ4v) is 4.30. The van der Waals surface area contributed by atoms with Crippen molar-refractivity contribution >= 4 is 28.9 Å². The maximum Gasteiger partial charge on any atom is 0.417 e. The molecule has 0 radical (unpaired) electrons. The first-order valence-corrected chi connectivity index (χ1v) is 9.28. The molecule has 2 N–H and O–H groups in total. The predicted octanol–water partition coefficient (Wildman–Crippen LogP) is 3.21. The number of hydrogen-bond acceptors (Lipinski definition) is 5. The molecule has 0 unspecified atom stereocenters. The molecule has 152 valence electrons. The average molecular weight is 430 g/mol. The SMILES string of the molecule is NC(=O)c1sc(-c2cnc3ccccn23)cc1-c1cccc(C(=O)[O-])c1C(F)(F)F. The molecule has 1 amide bonds. The lowest BCUT2D eigenvalue weighted by Gasteiger charge is -2.18. The van der Waals surface area contributed by atoms with Gasteiger partial charge in [-0.25, -0.2) is 4.98 Å². The van der Waals surface area contributed by atoms with Gasteiger partial charge in [0.2, 0.25) is 0 Å². The van der Waals surface area contributed by atoms with Gasteiger partial charge in [-0.3, -0.25) is 9.20 Å². The van der Waals surface area contributed by atoms with Gasteiger partial charge in [0.15, 0.2) is 0 Å². The van der Waals surface area contributed by atoms with E-state index in [-0.39, 0.29) is 10.4 Å². The summed E-state index contributed by atoms with van der Waals surface area (Å²) in [5.41, 5.74) is 3.61. The summed E-state index contributed by atoms with van der Waals surface area (Å²) in [7, 11) is 0. The number of amides is 1. The molecule has 0 bridgehead atoms. The number of carbonyl (C=O) groups is 2. The lowest BCUT2D eigenvalue weighted by atomic mass is 9.94. The second-order valence-electron chi connectivity index (χ2n) is 6.30. The van der Waals surface area contributed by atoms with Gasteiger partial charge in [-0.15, -0.1) is 11.3 Å². The second kappa shape index (κ2) is 6.99. The summed E-state index contributed by atoms with van der Waals surface area (Å²) < 4.78 is 43.0. The van der Waals surface area contributed by atoms with Gasteiger partial charge in [-0.1, -0.05) is 24.3 Å². The van der Waals surface area contributed by atoms with Gasteiger partial charge < -0.3 is 15.6 Å². The van der Waals surface area contributed by atoms with Gasteiger partial charge in [0.25, 0.3) is 5.91 Å². The van der Waals surface area contributed by atoms with Crippen molar-refractivity contribution in [1.82, 2.24) is 9.38 Å². The van der Waals surface area contributed by atoms with E-state index in [1.165, 1.54) is 12.3 Å². The highest BCUT2D eigenvalue weighted by molar-refractivity contribution is 7.18. The number of pyridine rings is 1. The lowest BCUT2D eigenvalue weighted by molar-refractivity contribution is -0.255. The number of nitrogens with two attached hydrogens (primary N) is 1. The molecule has 6 nitrogen and oxygen atoms in total. The van der Waals surface area contributed by atoms with Crippen LogP contribution in [0.1, 0.15) is 25.6 Å². The minimum atomic E-state index is -4.99. The summed E-state index contributed by atoms with van der Waals surface area (Å²) in [5.74, 6) is -2.90. The Morgan fingerprint density at radius 3 is 2.53 bits per heavy atom. The standard InChI is InChI=1S/C20H12F3N3O3S/c21-20(22,23)16-10(4-3-5-11(16)19(28)29)12-8-14(30-17(12)18(24)27)13-9-25-15-6-1-2-7-26(13)15/h1-9H,(H2,24,27)(H,28,29)/p-1. The first-order valence-electron chi connectivity index (χ1n) is 8.46. The van der Waals surface area contributed by atoms with Crippen molar-refractivity contribution in [2.45, 2.75) is 6.18 Å². The maximum absolute atomic E-state index is 13.8. The van der Waals surface area contributed by atoms with Crippen molar-refractivity contribution in [3.05, 3.63) is 70.9 Å². The smallest absolute Gasteiger partial charge is 0.417 e. The minimum absolute atomic E-state index is 0.108. The molecule has 3 aromatic heterocycles. The monoisotopic (exact) mass is 430 g/mol. The largest absolute Gasteiger partial charge is 0.545 e. The van der Waals surface area contributed by atoms with Crippen LogP contribution in [0.2, 0.25) is 0 Å². The van der Waals surface area contributed by atoms with Crippen LogP contribution in [0.3, 0.4) is 0 Å². The van der Waals surface area contributed by atoms with Crippen molar-refractivity contribution in [3.8, 4) is 21.7 Å². The van der Waals surface area contributed by atoms with E-state index >= 15 is 0 Å². The molecule has 0 saturated carbocycles. The molecule has 0 fully saturated rings. The highest BCUT2D eigenvalue weighted by Gasteiger charge is 2.37. The normalized spacial score (nSPS) is 11.7. The van der Waals surface area contributed by atoms with Gasteiger partial charge in [-0.2, -0.15) is 13.2 Å². The molecule has 30 heavy (non-hydrogen) atoms. The fraction of sp³-hybridized carbons (Fsp3) is 0.0500. The van der Waals surface area contributed by atoms with Crippen LogP contribution < -0.4 is 10.8 Å². The summed E-state index contributed by atoms with van der Waals surface area (Å²) in [4.78, 5) is 27.9. The number of carboxylic acids is 1. The Labute approximate surface area is 171 Å². The van der Waals surface area contributed by atoms with Crippen LogP contribution >= 0.6 is 11.3 Å². The topological polar surface area (TPSA) is 101 Å². The number of halogens is 3. The third-order valence-corrected chi connectivity index (χ3v) is 5.66. The number of benzene rings is 1. The first-order chi connectivity index (χ1) is 14.2. The fourth-order valence-electron chi connectivity index (χ4n) is 3.27. The zero-order valence-corrected chi connectivity index (χ0v) is 15.8. The van der Waals surface area contributed by atoms with Gasteiger partial charge >= 0.3 is 6.18 Å². The zero-order chi connectivity index (χ0) is 21.6. The summed E-state index contributed by atoms with van der Waals surface area (Å²) in [5, 5.41) is 11.3. The third-order valence-electron chi connectivity index (χ3n) is 4.48. The number of aromatic carboxylic acids is 1. The molecule has 0 aliphatic heterocycles. The molecule has 0 aliphatic carbocycles. The summed E-state index contributed by atoms with van der Waals surface area (Å²) in [6.07, 6.45) is -1.75. The van der Waals surface area contributed by atoms with Gasteiger partial charge in [0.05, 0.1) is 28.3 Å². The quantitative estimate of drug-likeness (QED) is 0.537. The lowest BCUT2D eigenvalue weighted by Crippen LogP contribution is -2.26. The van der Waals surface area contributed by atoms with Crippen molar-refractivity contribution in [2.24, 2.45) is 5.73 Å². The molecular formula is C20H11F3N3O3S-. The molecule has 4 aromatic rings. The second-order valence-corrected chi connectivity index (χ2v) is 7.36. The third kappa shape index (κ3) is 3.20. The molecule has 3 heterocycles. The molecule has 0 atom stereocenters. The number of nitrogens with zero attached hydrogens (tertiary/aromatic N) is 2. The number of primary amides is 1. The highest BCUT2D eigenvalue weighted by atomic mass is 32.1. The van der Waals surface area contributed by atoms with Crippen LogP contribution in [0, 0.1) is 0 Å². The molecule has 1 aromatic carbocycles. The van der Waals surface area contributed by atoms with Gasteiger partial charge in [0.1, 0.15) is 10.5 Å². The number of rotatable bonds is 4. The Balaban J connectivity index is 2.00. The Bertz CT molecular complexity index is 1310. The Morgan fingerprint density at radius 1 is 1.10 bits per heavy atom.